The third-order valence-corrected chi connectivity index (χ3v) is 5.83. The molecule has 9 nitrogen and oxygen atoms in total. The molecule has 0 unspecified atom stereocenters. The van der Waals surface area contributed by atoms with E-state index in [1.165, 1.54) is 0 Å². The zero-order valence-corrected chi connectivity index (χ0v) is 18.6. The summed E-state index contributed by atoms with van der Waals surface area (Å²) in [6.07, 6.45) is 4.58. The summed E-state index contributed by atoms with van der Waals surface area (Å²) in [5, 5.41) is 14.3. The van der Waals surface area contributed by atoms with Gasteiger partial charge in [-0.2, -0.15) is 5.26 Å². The average molecular weight is 451 g/mol. The van der Waals surface area contributed by atoms with Crippen LogP contribution in [0.2, 0.25) is 0 Å². The van der Waals surface area contributed by atoms with Gasteiger partial charge in [0, 0.05) is 57.1 Å². The van der Waals surface area contributed by atoms with Gasteiger partial charge >= 0.3 is 6.03 Å². The molecule has 0 bridgehead atoms. The molecule has 2 aromatic rings. The Balaban J connectivity index is 1.33. The standard InChI is InChI=1S/C23H27FN8O/c1-17-6-7-19(14-26-17)28-22(33)29-20-5-2-4-18(21(20)24)15-30-10-12-32(13-11-30)23(27-16-25)31-8-3-9-31/h2,4-7,14H,3,8-13,15H2,1H3,(H2,28,29,33). The summed E-state index contributed by atoms with van der Waals surface area (Å²) in [7, 11) is 0. The number of piperazine rings is 1. The molecule has 0 saturated carbocycles. The number of pyridine rings is 1. The van der Waals surface area contributed by atoms with Crippen LogP contribution in [0.3, 0.4) is 0 Å². The van der Waals surface area contributed by atoms with Gasteiger partial charge in [-0.05, 0) is 31.5 Å². The number of hydrogen-bond donors (Lipinski definition) is 2. The van der Waals surface area contributed by atoms with Crippen LogP contribution in [0.25, 0.3) is 0 Å². The van der Waals surface area contributed by atoms with Crippen molar-refractivity contribution in [3.8, 4) is 6.19 Å². The molecule has 0 radical (unpaired) electrons. The lowest BCUT2D eigenvalue weighted by molar-refractivity contribution is 0.152. The van der Waals surface area contributed by atoms with Gasteiger partial charge in [-0.3, -0.25) is 9.88 Å². The van der Waals surface area contributed by atoms with E-state index in [-0.39, 0.29) is 5.69 Å². The molecule has 0 spiro atoms. The van der Waals surface area contributed by atoms with Crippen LogP contribution >= 0.6 is 0 Å². The minimum absolute atomic E-state index is 0.130. The summed E-state index contributed by atoms with van der Waals surface area (Å²) >= 11 is 0. The van der Waals surface area contributed by atoms with Gasteiger partial charge in [-0.1, -0.05) is 12.1 Å². The summed E-state index contributed by atoms with van der Waals surface area (Å²) in [6.45, 7) is 7.07. The van der Waals surface area contributed by atoms with E-state index >= 15 is 4.39 Å². The summed E-state index contributed by atoms with van der Waals surface area (Å²) < 4.78 is 15.1. The highest BCUT2D eigenvalue weighted by molar-refractivity contribution is 5.99. The number of carbonyl (C=O) groups excluding carboxylic acids is 1. The first-order valence-corrected chi connectivity index (χ1v) is 11.0. The van der Waals surface area contributed by atoms with E-state index in [0.717, 1.165) is 57.3 Å². The number of aliphatic imine (C=N–C) groups is 1. The normalized spacial score (nSPS) is 16.7. The molecule has 0 aliphatic carbocycles. The van der Waals surface area contributed by atoms with Crippen LogP contribution in [0, 0.1) is 24.2 Å². The zero-order valence-electron chi connectivity index (χ0n) is 18.6. The first kappa shape index (κ1) is 22.5. The Morgan fingerprint density at radius 1 is 1.12 bits per heavy atom. The largest absolute Gasteiger partial charge is 0.342 e. The maximum Gasteiger partial charge on any atom is 0.323 e. The van der Waals surface area contributed by atoms with Crippen LogP contribution in [0.1, 0.15) is 17.7 Å². The monoisotopic (exact) mass is 450 g/mol. The smallest absolute Gasteiger partial charge is 0.323 e. The fraction of sp³-hybridized carbons (Fsp3) is 0.391. The molecule has 2 amide bonds. The van der Waals surface area contributed by atoms with Crippen molar-refractivity contribution in [2.75, 3.05) is 49.9 Å². The lowest BCUT2D eigenvalue weighted by atomic mass is 10.1. The summed E-state index contributed by atoms with van der Waals surface area (Å²) in [6, 6.07) is 8.01. The van der Waals surface area contributed by atoms with E-state index in [1.807, 2.05) is 13.1 Å². The van der Waals surface area contributed by atoms with Crippen LogP contribution in [-0.2, 0) is 6.54 Å². The Kier molecular flexibility index (Phi) is 7.00. The number of rotatable bonds is 4. The number of nitrogens with one attached hydrogen (secondary N) is 2. The van der Waals surface area contributed by atoms with Crippen molar-refractivity contribution in [1.29, 1.82) is 5.26 Å². The molecule has 1 aromatic heterocycles. The fourth-order valence-electron chi connectivity index (χ4n) is 3.87. The highest BCUT2D eigenvalue weighted by atomic mass is 19.1. The molecular weight excluding hydrogens is 423 g/mol. The first-order chi connectivity index (χ1) is 16.0. The number of carbonyl (C=O) groups is 1. The lowest BCUT2D eigenvalue weighted by Gasteiger charge is -2.42. The van der Waals surface area contributed by atoms with Crippen molar-refractivity contribution < 1.29 is 9.18 Å². The molecule has 2 saturated heterocycles. The molecule has 0 atom stereocenters. The maximum absolute atomic E-state index is 15.1. The van der Waals surface area contributed by atoms with E-state index in [1.54, 1.807) is 36.5 Å². The minimum Gasteiger partial charge on any atom is -0.342 e. The Morgan fingerprint density at radius 2 is 1.88 bits per heavy atom. The predicted octanol–water partition coefficient (Wildman–Crippen LogP) is 2.83. The predicted molar refractivity (Wildman–Crippen MR) is 124 cm³/mol. The third-order valence-electron chi connectivity index (χ3n) is 5.83. The second-order valence-electron chi connectivity index (χ2n) is 8.16. The van der Waals surface area contributed by atoms with E-state index in [0.29, 0.717) is 17.8 Å². The number of guanidine groups is 1. The molecule has 4 rings (SSSR count). The average Bonchev–Trinajstić information content (AvgIpc) is 2.77. The second-order valence-corrected chi connectivity index (χ2v) is 8.16. The molecule has 3 heterocycles. The van der Waals surface area contributed by atoms with Crippen molar-refractivity contribution >= 4 is 23.4 Å². The van der Waals surface area contributed by atoms with Crippen molar-refractivity contribution in [1.82, 2.24) is 19.7 Å². The number of nitrogens with zero attached hydrogens (tertiary/aromatic N) is 6. The molecule has 2 aliphatic heterocycles. The first-order valence-electron chi connectivity index (χ1n) is 11.0. The number of aromatic nitrogens is 1. The second kappa shape index (κ2) is 10.3. The number of aryl methyl sites for hydroxylation is 1. The van der Waals surface area contributed by atoms with E-state index < -0.39 is 11.8 Å². The van der Waals surface area contributed by atoms with Crippen LogP contribution in [0.4, 0.5) is 20.6 Å². The minimum atomic E-state index is -0.527. The van der Waals surface area contributed by atoms with Gasteiger partial charge in [-0.15, -0.1) is 4.99 Å². The Bertz CT molecular complexity index is 1050. The number of likely N-dealkylation sites (tertiary alicyclic amines) is 1. The SMILES string of the molecule is Cc1ccc(NC(=O)Nc2cccc(CN3CCN(C(=NC#N)N4CCC4)CC3)c2F)cn1. The molecular formula is C23H27FN8O. The quantitative estimate of drug-likeness (QED) is 0.422. The van der Waals surface area contributed by atoms with E-state index in [2.05, 4.69) is 35.3 Å². The van der Waals surface area contributed by atoms with Crippen LogP contribution in [-0.4, -0.2) is 70.9 Å². The molecule has 2 fully saturated rings. The van der Waals surface area contributed by atoms with E-state index in [4.69, 9.17) is 5.26 Å². The fourth-order valence-corrected chi connectivity index (χ4v) is 3.87. The van der Waals surface area contributed by atoms with Gasteiger partial charge in [0.1, 0.15) is 0 Å². The highest BCUT2D eigenvalue weighted by Gasteiger charge is 2.27. The van der Waals surface area contributed by atoms with Gasteiger partial charge in [0.25, 0.3) is 0 Å². The highest BCUT2D eigenvalue weighted by Crippen LogP contribution is 2.21. The summed E-state index contributed by atoms with van der Waals surface area (Å²) in [5.74, 6) is 0.306. The van der Waals surface area contributed by atoms with Gasteiger partial charge < -0.3 is 20.4 Å². The van der Waals surface area contributed by atoms with Gasteiger partial charge in [0.15, 0.2) is 5.82 Å². The molecule has 10 heteroatoms. The number of benzene rings is 1. The topological polar surface area (TPSA) is 99.9 Å². The maximum atomic E-state index is 15.1. The number of anilines is 2. The van der Waals surface area contributed by atoms with Crippen molar-refractivity contribution in [3.63, 3.8) is 0 Å². The Hall–Kier alpha value is -3.71. The Morgan fingerprint density at radius 3 is 2.52 bits per heavy atom. The molecule has 2 N–H and O–H groups in total. The molecule has 33 heavy (non-hydrogen) atoms. The number of urea groups is 1. The number of hydrogen-bond acceptors (Lipinski definition) is 5. The Labute approximate surface area is 192 Å². The van der Waals surface area contributed by atoms with Crippen molar-refractivity contribution in [3.05, 3.63) is 53.6 Å². The third kappa shape index (κ3) is 5.56. The van der Waals surface area contributed by atoms with Gasteiger partial charge in [-0.25, -0.2) is 9.18 Å². The summed E-state index contributed by atoms with van der Waals surface area (Å²) in [4.78, 5) is 26.8. The lowest BCUT2D eigenvalue weighted by Crippen LogP contribution is -2.56. The molecule has 1 aromatic carbocycles. The van der Waals surface area contributed by atoms with Gasteiger partial charge in [0.05, 0.1) is 17.6 Å². The van der Waals surface area contributed by atoms with Crippen LogP contribution in [0.5, 0.6) is 0 Å². The summed E-state index contributed by atoms with van der Waals surface area (Å²) in [5.41, 5.74) is 2.02. The zero-order chi connectivity index (χ0) is 23.2. The van der Waals surface area contributed by atoms with Gasteiger partial charge in [0.2, 0.25) is 12.2 Å². The van der Waals surface area contributed by atoms with E-state index in [9.17, 15) is 4.79 Å². The van der Waals surface area contributed by atoms with Crippen molar-refractivity contribution in [2.24, 2.45) is 4.99 Å². The number of halogens is 1. The van der Waals surface area contributed by atoms with Crippen LogP contribution in [0.15, 0.2) is 41.5 Å². The van der Waals surface area contributed by atoms with Crippen molar-refractivity contribution in [2.45, 2.75) is 19.9 Å². The number of amides is 2. The van der Waals surface area contributed by atoms with Crippen LogP contribution < -0.4 is 10.6 Å². The number of nitriles is 1. The molecule has 172 valence electrons. The molecule has 2 aliphatic rings.